The van der Waals surface area contributed by atoms with Gasteiger partial charge in [-0.1, -0.05) is 88.4 Å². The number of hydrogen-bond donors (Lipinski definition) is 4. The minimum Gasteiger partial charge on any atom is -0.444 e. The second-order valence-corrected chi connectivity index (χ2v) is 12.8. The van der Waals surface area contributed by atoms with E-state index < -0.39 is 23.8 Å². The molecule has 0 aliphatic rings. The molecule has 2 atom stereocenters. The van der Waals surface area contributed by atoms with Crippen molar-refractivity contribution in [3.63, 3.8) is 0 Å². The zero-order valence-electron chi connectivity index (χ0n) is 27.5. The summed E-state index contributed by atoms with van der Waals surface area (Å²) in [5, 5.41) is 8.50. The van der Waals surface area contributed by atoms with E-state index in [2.05, 4.69) is 55.8 Å². The maximum atomic E-state index is 12.5. The van der Waals surface area contributed by atoms with Crippen LogP contribution < -0.4 is 21.7 Å². The summed E-state index contributed by atoms with van der Waals surface area (Å²) in [5.74, 6) is 0.918. The Kier molecular flexibility index (Phi) is 17.9. The Balaban J connectivity index is 0.000000453. The van der Waals surface area contributed by atoms with Gasteiger partial charge in [-0.3, -0.25) is 9.59 Å². The first-order valence-corrected chi connectivity index (χ1v) is 15.6. The van der Waals surface area contributed by atoms with E-state index in [-0.39, 0.29) is 11.8 Å². The van der Waals surface area contributed by atoms with Gasteiger partial charge in [-0.25, -0.2) is 4.79 Å². The second kappa shape index (κ2) is 20.5. The average Bonchev–Trinajstić information content (AvgIpc) is 2.94. The topological polar surface area (TPSA) is 123 Å². The first kappa shape index (κ1) is 37.6. The van der Waals surface area contributed by atoms with Gasteiger partial charge in [0.25, 0.3) is 0 Å². The lowest BCUT2D eigenvalue weighted by molar-refractivity contribution is -0.123. The van der Waals surface area contributed by atoms with Crippen LogP contribution in [0.1, 0.15) is 85.3 Å². The number of amides is 3. The summed E-state index contributed by atoms with van der Waals surface area (Å²) in [4.78, 5) is 36.2. The van der Waals surface area contributed by atoms with Gasteiger partial charge in [-0.05, 0) is 82.3 Å². The van der Waals surface area contributed by atoms with Crippen LogP contribution in [-0.4, -0.2) is 48.7 Å². The van der Waals surface area contributed by atoms with Crippen molar-refractivity contribution >= 4 is 17.9 Å². The Morgan fingerprint density at radius 3 is 1.58 bits per heavy atom. The number of carbonyl (C=O) groups excluding carboxylic acids is 3. The van der Waals surface area contributed by atoms with Crippen LogP contribution in [-0.2, 0) is 27.2 Å². The molecule has 2 rings (SSSR count). The lowest BCUT2D eigenvalue weighted by Gasteiger charge is -2.23. The van der Waals surface area contributed by atoms with Gasteiger partial charge >= 0.3 is 6.09 Å². The summed E-state index contributed by atoms with van der Waals surface area (Å²) in [7, 11) is 0. The zero-order valence-corrected chi connectivity index (χ0v) is 27.5. The largest absolute Gasteiger partial charge is 0.444 e. The maximum absolute atomic E-state index is 12.5. The van der Waals surface area contributed by atoms with E-state index in [4.69, 9.17) is 10.5 Å². The normalized spacial score (nSPS) is 12.5. The monoisotopic (exact) mass is 596 g/mol. The minimum atomic E-state index is -0.609. The summed E-state index contributed by atoms with van der Waals surface area (Å²) in [6.45, 7) is 15.2. The fourth-order valence-electron chi connectivity index (χ4n) is 3.99. The lowest BCUT2D eigenvalue weighted by atomic mass is 10.0. The molecule has 0 unspecified atom stereocenters. The van der Waals surface area contributed by atoms with E-state index in [1.807, 2.05) is 48.5 Å². The molecule has 0 aliphatic heterocycles. The molecule has 3 amide bonds. The van der Waals surface area contributed by atoms with E-state index in [1.165, 1.54) is 5.56 Å². The fourth-order valence-corrected chi connectivity index (χ4v) is 3.99. The molecule has 2 aromatic rings. The highest BCUT2D eigenvalue weighted by atomic mass is 16.6. The number of aryl methyl sites for hydroxylation is 2. The van der Waals surface area contributed by atoms with Crippen molar-refractivity contribution in [3.8, 4) is 0 Å². The van der Waals surface area contributed by atoms with Gasteiger partial charge in [0.1, 0.15) is 11.6 Å². The Morgan fingerprint density at radius 1 is 0.698 bits per heavy atom. The van der Waals surface area contributed by atoms with Crippen LogP contribution >= 0.6 is 0 Å². The van der Waals surface area contributed by atoms with Crippen molar-refractivity contribution in [1.29, 1.82) is 0 Å². The number of nitrogens with two attached hydrogens (primary N) is 1. The van der Waals surface area contributed by atoms with Crippen LogP contribution in [0.5, 0.6) is 0 Å². The van der Waals surface area contributed by atoms with Gasteiger partial charge in [0.2, 0.25) is 11.8 Å². The maximum Gasteiger partial charge on any atom is 0.408 e. The van der Waals surface area contributed by atoms with Gasteiger partial charge in [-0.2, -0.15) is 0 Å². The van der Waals surface area contributed by atoms with Crippen LogP contribution in [0.25, 0.3) is 0 Å². The molecule has 0 radical (unpaired) electrons. The zero-order chi connectivity index (χ0) is 32.3. The third-order valence-electron chi connectivity index (χ3n) is 6.54. The SMILES string of the molecule is CC(C)CCNC(=O)[C@@H](N)CCc1ccccc1.CC(C)CCNC(=O)[C@H](CCc1ccccc1)NC(=O)OC(C)(C)C. The van der Waals surface area contributed by atoms with Crippen molar-refractivity contribution in [2.24, 2.45) is 17.6 Å². The highest BCUT2D eigenvalue weighted by Gasteiger charge is 2.24. The number of alkyl carbamates (subject to hydrolysis) is 1. The Bertz CT molecular complexity index is 1050. The molecule has 0 aliphatic carbocycles. The van der Waals surface area contributed by atoms with E-state index in [9.17, 15) is 14.4 Å². The van der Waals surface area contributed by atoms with Crippen LogP contribution in [0.3, 0.4) is 0 Å². The lowest BCUT2D eigenvalue weighted by Crippen LogP contribution is -2.48. The molecule has 0 saturated heterocycles. The van der Waals surface area contributed by atoms with Crippen molar-refractivity contribution in [2.45, 2.75) is 105 Å². The van der Waals surface area contributed by atoms with E-state index in [0.29, 0.717) is 37.6 Å². The molecule has 240 valence electrons. The van der Waals surface area contributed by atoms with Gasteiger partial charge in [0.15, 0.2) is 0 Å². The standard InChI is InChI=1S/C20H32N2O3.C15H24N2O/c1-15(2)13-14-21-18(23)17(22-19(24)25-20(3,4)5)12-11-16-9-7-6-8-10-16;1-12(2)10-11-17-15(18)14(16)9-8-13-6-4-3-5-7-13/h6-10,15,17H,11-14H2,1-5H3,(H,21,23)(H,22,24);3-7,12,14H,8-11,16H2,1-2H3,(H,17,18)/t17-;14-/m00/s1. The Hall–Kier alpha value is -3.39. The second-order valence-electron chi connectivity index (χ2n) is 12.8. The highest BCUT2D eigenvalue weighted by molar-refractivity contribution is 5.85. The number of carbonyl (C=O) groups is 3. The number of ether oxygens (including phenoxy) is 1. The molecule has 0 heterocycles. The smallest absolute Gasteiger partial charge is 0.408 e. The molecule has 0 saturated carbocycles. The van der Waals surface area contributed by atoms with Crippen molar-refractivity contribution in [1.82, 2.24) is 16.0 Å². The van der Waals surface area contributed by atoms with Crippen molar-refractivity contribution in [2.75, 3.05) is 13.1 Å². The third-order valence-corrected chi connectivity index (χ3v) is 6.54. The summed E-state index contributed by atoms with van der Waals surface area (Å²) >= 11 is 0. The molecule has 8 nitrogen and oxygen atoms in total. The molecule has 2 aromatic carbocycles. The van der Waals surface area contributed by atoms with Gasteiger partial charge in [0.05, 0.1) is 6.04 Å². The first-order chi connectivity index (χ1) is 20.3. The summed E-state index contributed by atoms with van der Waals surface area (Å²) in [5.41, 5.74) is 7.63. The molecular formula is C35H56N4O4. The Morgan fingerprint density at radius 2 is 1.14 bits per heavy atom. The number of benzene rings is 2. The first-order valence-electron chi connectivity index (χ1n) is 15.6. The molecule has 43 heavy (non-hydrogen) atoms. The van der Waals surface area contributed by atoms with Gasteiger partial charge in [0, 0.05) is 13.1 Å². The third kappa shape index (κ3) is 19.4. The molecule has 0 spiro atoms. The fraction of sp³-hybridized carbons (Fsp3) is 0.571. The molecule has 0 fully saturated rings. The summed E-state index contributed by atoms with van der Waals surface area (Å²) in [6, 6.07) is 19.0. The van der Waals surface area contributed by atoms with Crippen LogP contribution in [0, 0.1) is 11.8 Å². The Labute approximate surface area is 259 Å². The predicted octanol–water partition coefficient (Wildman–Crippen LogP) is 5.78. The van der Waals surface area contributed by atoms with Crippen LogP contribution in [0.4, 0.5) is 4.79 Å². The summed E-state index contributed by atoms with van der Waals surface area (Å²) < 4.78 is 5.28. The number of hydrogen-bond acceptors (Lipinski definition) is 5. The van der Waals surface area contributed by atoms with Crippen molar-refractivity contribution < 1.29 is 19.1 Å². The average molecular weight is 597 g/mol. The van der Waals surface area contributed by atoms with Crippen LogP contribution in [0.15, 0.2) is 60.7 Å². The number of rotatable bonds is 15. The molecule has 0 aromatic heterocycles. The van der Waals surface area contributed by atoms with E-state index in [0.717, 1.165) is 31.4 Å². The minimum absolute atomic E-state index is 0.0356. The predicted molar refractivity (Wildman–Crippen MR) is 176 cm³/mol. The van der Waals surface area contributed by atoms with E-state index >= 15 is 0 Å². The molecule has 5 N–H and O–H groups in total. The molecule has 0 bridgehead atoms. The van der Waals surface area contributed by atoms with Crippen molar-refractivity contribution in [3.05, 3.63) is 71.8 Å². The highest BCUT2D eigenvalue weighted by Crippen LogP contribution is 2.10. The summed E-state index contributed by atoms with van der Waals surface area (Å²) in [6.07, 6.45) is 4.11. The molecular weight excluding hydrogens is 540 g/mol. The quantitative estimate of drug-likeness (QED) is 0.208. The molecule has 8 heteroatoms. The van der Waals surface area contributed by atoms with E-state index in [1.54, 1.807) is 20.8 Å². The van der Waals surface area contributed by atoms with Gasteiger partial charge in [-0.15, -0.1) is 0 Å². The van der Waals surface area contributed by atoms with Crippen LogP contribution in [0.2, 0.25) is 0 Å². The van der Waals surface area contributed by atoms with Gasteiger partial charge < -0.3 is 26.4 Å². The number of nitrogens with one attached hydrogen (secondary N) is 3.